The summed E-state index contributed by atoms with van der Waals surface area (Å²) in [5.74, 6) is 1.54. The van der Waals surface area contributed by atoms with Gasteiger partial charge in [-0.15, -0.1) is 0 Å². The molecule has 0 unspecified atom stereocenters. The van der Waals surface area contributed by atoms with Crippen LogP contribution in [-0.2, 0) is 0 Å². The molecule has 27 heavy (non-hydrogen) atoms. The smallest absolute Gasteiger partial charge is 0.255 e. The van der Waals surface area contributed by atoms with Gasteiger partial charge in [0.2, 0.25) is 0 Å². The van der Waals surface area contributed by atoms with Crippen LogP contribution in [-0.4, -0.2) is 25.1 Å². The number of aromatic nitrogens is 1. The van der Waals surface area contributed by atoms with Crippen molar-refractivity contribution in [3.63, 3.8) is 0 Å². The molecule has 138 valence electrons. The lowest BCUT2D eigenvalue weighted by Crippen LogP contribution is -2.12. The van der Waals surface area contributed by atoms with E-state index in [1.54, 1.807) is 75.0 Å². The number of hydrogen-bond donors (Lipinski definition) is 2. The van der Waals surface area contributed by atoms with E-state index < -0.39 is 0 Å². The Morgan fingerprint density at radius 3 is 2.63 bits per heavy atom. The van der Waals surface area contributed by atoms with Gasteiger partial charge >= 0.3 is 0 Å². The third-order valence-corrected chi connectivity index (χ3v) is 4.01. The van der Waals surface area contributed by atoms with E-state index in [9.17, 15) is 4.79 Å². The molecule has 1 heterocycles. The van der Waals surface area contributed by atoms with Gasteiger partial charge in [-0.05, 0) is 42.5 Å². The van der Waals surface area contributed by atoms with Crippen LogP contribution in [0.1, 0.15) is 10.4 Å². The van der Waals surface area contributed by atoms with Gasteiger partial charge in [-0.1, -0.05) is 17.7 Å². The summed E-state index contributed by atoms with van der Waals surface area (Å²) in [5, 5.41) is 6.51. The molecule has 7 heteroatoms. The number of rotatable bonds is 6. The van der Waals surface area contributed by atoms with Crippen molar-refractivity contribution >= 4 is 34.7 Å². The highest BCUT2D eigenvalue weighted by Gasteiger charge is 2.10. The van der Waals surface area contributed by atoms with Gasteiger partial charge < -0.3 is 20.1 Å². The van der Waals surface area contributed by atoms with Crippen molar-refractivity contribution in [2.75, 3.05) is 24.9 Å². The van der Waals surface area contributed by atoms with Crippen molar-refractivity contribution in [1.82, 2.24) is 4.98 Å². The molecule has 3 rings (SSSR count). The van der Waals surface area contributed by atoms with E-state index in [1.807, 2.05) is 0 Å². The Morgan fingerprint density at radius 2 is 1.89 bits per heavy atom. The van der Waals surface area contributed by atoms with E-state index in [4.69, 9.17) is 21.1 Å². The third kappa shape index (κ3) is 4.68. The Bertz CT molecular complexity index is 963. The van der Waals surface area contributed by atoms with Crippen LogP contribution >= 0.6 is 11.6 Å². The molecule has 0 radical (unpaired) electrons. The normalized spacial score (nSPS) is 10.2. The van der Waals surface area contributed by atoms with Crippen molar-refractivity contribution in [3.05, 3.63) is 71.4 Å². The average molecular weight is 384 g/mol. The minimum absolute atomic E-state index is 0.264. The Kier molecular flexibility index (Phi) is 5.78. The first-order chi connectivity index (χ1) is 13.1. The molecule has 2 N–H and O–H groups in total. The van der Waals surface area contributed by atoms with Crippen LogP contribution in [0.25, 0.3) is 0 Å². The summed E-state index contributed by atoms with van der Waals surface area (Å²) in [6.07, 6.45) is 1.56. The van der Waals surface area contributed by atoms with Gasteiger partial charge in [0.15, 0.2) is 0 Å². The van der Waals surface area contributed by atoms with Gasteiger partial charge in [0.25, 0.3) is 5.91 Å². The van der Waals surface area contributed by atoms with Crippen molar-refractivity contribution in [3.8, 4) is 11.5 Å². The Balaban J connectivity index is 1.80. The van der Waals surface area contributed by atoms with Gasteiger partial charge in [0.05, 0.1) is 19.9 Å². The molecule has 0 bridgehead atoms. The van der Waals surface area contributed by atoms with Crippen LogP contribution in [0, 0.1) is 0 Å². The summed E-state index contributed by atoms with van der Waals surface area (Å²) in [6.45, 7) is 0. The fraction of sp³-hybridized carbons (Fsp3) is 0.100. The molecule has 0 aliphatic rings. The van der Waals surface area contributed by atoms with Crippen LogP contribution in [0.15, 0.2) is 60.8 Å². The summed E-state index contributed by atoms with van der Waals surface area (Å²) in [4.78, 5) is 16.8. The zero-order chi connectivity index (χ0) is 19.2. The summed E-state index contributed by atoms with van der Waals surface area (Å²) < 4.78 is 10.6. The first-order valence-corrected chi connectivity index (χ1v) is 8.49. The standard InChI is InChI=1S/C20H18ClN3O3/c1-26-16-6-7-18(27-2)17(12-16)24-19-10-13(8-9-22-19)20(25)23-15-5-3-4-14(21)11-15/h3-12H,1-2H3,(H,22,24)(H,23,25). The van der Waals surface area contributed by atoms with Gasteiger partial charge in [0, 0.05) is 28.5 Å². The predicted octanol–water partition coefficient (Wildman–Crippen LogP) is 4.75. The first-order valence-electron chi connectivity index (χ1n) is 8.11. The highest BCUT2D eigenvalue weighted by Crippen LogP contribution is 2.31. The van der Waals surface area contributed by atoms with E-state index in [2.05, 4.69) is 15.6 Å². The van der Waals surface area contributed by atoms with Gasteiger partial charge in [-0.2, -0.15) is 0 Å². The molecule has 0 aliphatic carbocycles. The molecule has 0 atom stereocenters. The number of halogens is 1. The second kappa shape index (κ2) is 8.42. The molecular formula is C20H18ClN3O3. The quantitative estimate of drug-likeness (QED) is 0.642. The maximum Gasteiger partial charge on any atom is 0.255 e. The molecule has 0 aliphatic heterocycles. The van der Waals surface area contributed by atoms with E-state index in [1.165, 1.54) is 0 Å². The molecule has 0 saturated heterocycles. The van der Waals surface area contributed by atoms with E-state index in [-0.39, 0.29) is 5.91 Å². The molecule has 1 aromatic heterocycles. The second-order valence-corrected chi connectivity index (χ2v) is 6.02. The number of hydrogen-bond acceptors (Lipinski definition) is 5. The van der Waals surface area contributed by atoms with Crippen LogP contribution in [0.4, 0.5) is 17.2 Å². The third-order valence-electron chi connectivity index (χ3n) is 3.77. The molecule has 1 amide bonds. The van der Waals surface area contributed by atoms with Crippen molar-refractivity contribution in [1.29, 1.82) is 0 Å². The van der Waals surface area contributed by atoms with Crippen molar-refractivity contribution < 1.29 is 14.3 Å². The fourth-order valence-corrected chi connectivity index (χ4v) is 2.65. The summed E-state index contributed by atoms with van der Waals surface area (Å²) in [7, 11) is 3.17. The molecular weight excluding hydrogens is 366 g/mol. The van der Waals surface area contributed by atoms with Crippen LogP contribution in [0.3, 0.4) is 0 Å². The van der Waals surface area contributed by atoms with E-state index in [0.717, 1.165) is 0 Å². The minimum atomic E-state index is -0.264. The van der Waals surface area contributed by atoms with E-state index >= 15 is 0 Å². The number of pyridine rings is 1. The average Bonchev–Trinajstić information content (AvgIpc) is 2.68. The summed E-state index contributed by atoms with van der Waals surface area (Å²) >= 11 is 5.95. The maximum absolute atomic E-state index is 12.5. The number of benzene rings is 2. The number of anilines is 3. The highest BCUT2D eigenvalue weighted by atomic mass is 35.5. The molecule has 0 fully saturated rings. The van der Waals surface area contributed by atoms with Gasteiger partial charge in [0.1, 0.15) is 17.3 Å². The summed E-state index contributed by atoms with van der Waals surface area (Å²) in [5.41, 5.74) is 1.75. The Hall–Kier alpha value is -3.25. The number of amides is 1. The number of carbonyl (C=O) groups excluding carboxylic acids is 1. The molecule has 3 aromatic rings. The minimum Gasteiger partial charge on any atom is -0.497 e. The zero-order valence-electron chi connectivity index (χ0n) is 14.8. The van der Waals surface area contributed by atoms with Crippen LogP contribution in [0.2, 0.25) is 5.02 Å². The number of methoxy groups -OCH3 is 2. The van der Waals surface area contributed by atoms with E-state index in [0.29, 0.717) is 39.3 Å². The second-order valence-electron chi connectivity index (χ2n) is 5.59. The highest BCUT2D eigenvalue weighted by molar-refractivity contribution is 6.31. The number of ether oxygens (including phenoxy) is 2. The lowest BCUT2D eigenvalue weighted by atomic mass is 10.2. The Labute approximate surface area is 162 Å². The van der Waals surface area contributed by atoms with Gasteiger partial charge in [-0.3, -0.25) is 4.79 Å². The lowest BCUT2D eigenvalue weighted by Gasteiger charge is -2.13. The Morgan fingerprint density at radius 1 is 1.04 bits per heavy atom. The topological polar surface area (TPSA) is 72.5 Å². The summed E-state index contributed by atoms with van der Waals surface area (Å²) in [6, 6.07) is 15.6. The maximum atomic E-state index is 12.5. The number of nitrogens with one attached hydrogen (secondary N) is 2. The largest absolute Gasteiger partial charge is 0.497 e. The lowest BCUT2D eigenvalue weighted by molar-refractivity contribution is 0.102. The molecule has 0 spiro atoms. The SMILES string of the molecule is COc1ccc(OC)c(Nc2cc(C(=O)Nc3cccc(Cl)c3)ccn2)c1. The zero-order valence-corrected chi connectivity index (χ0v) is 15.6. The predicted molar refractivity (Wildman–Crippen MR) is 106 cm³/mol. The molecule has 0 saturated carbocycles. The van der Waals surface area contributed by atoms with Crippen LogP contribution < -0.4 is 20.1 Å². The van der Waals surface area contributed by atoms with Crippen molar-refractivity contribution in [2.24, 2.45) is 0 Å². The monoisotopic (exact) mass is 383 g/mol. The first kappa shape index (κ1) is 18.5. The molecule has 2 aromatic carbocycles. The molecule has 6 nitrogen and oxygen atoms in total. The fourth-order valence-electron chi connectivity index (χ4n) is 2.46. The number of nitrogens with zero attached hydrogens (tertiary/aromatic N) is 1. The number of carbonyl (C=O) groups is 1. The van der Waals surface area contributed by atoms with Gasteiger partial charge in [-0.25, -0.2) is 4.98 Å². The van der Waals surface area contributed by atoms with Crippen LogP contribution in [0.5, 0.6) is 11.5 Å². The van der Waals surface area contributed by atoms with Crippen molar-refractivity contribution in [2.45, 2.75) is 0 Å².